The van der Waals surface area contributed by atoms with Gasteiger partial charge in [-0.05, 0) is 11.4 Å². The van der Waals surface area contributed by atoms with Crippen LogP contribution in [0.5, 0.6) is 0 Å². The molecule has 0 saturated carbocycles. The normalized spacial score (nSPS) is 11.5. The molecule has 4 nitrogen and oxygen atoms in total. The molecule has 0 radical (unpaired) electrons. The van der Waals surface area contributed by atoms with Crippen molar-refractivity contribution in [3.05, 3.63) is 21.9 Å². The molecule has 1 heterocycles. The van der Waals surface area contributed by atoms with E-state index in [9.17, 15) is 18.0 Å². The molecule has 96 valence electrons. The van der Waals surface area contributed by atoms with Gasteiger partial charge in [0.05, 0.1) is 24.5 Å². The summed E-state index contributed by atoms with van der Waals surface area (Å²) in [4.78, 5) is 11.6. The first-order valence-electron chi connectivity index (χ1n) is 4.66. The third-order valence-corrected chi connectivity index (χ3v) is 2.83. The number of hydrazine groups is 1. The van der Waals surface area contributed by atoms with Crippen molar-refractivity contribution < 1.29 is 22.7 Å². The van der Waals surface area contributed by atoms with Crippen molar-refractivity contribution in [1.29, 1.82) is 0 Å². The highest BCUT2D eigenvalue weighted by Gasteiger charge is 2.26. The zero-order chi connectivity index (χ0) is 12.9. The zero-order valence-electron chi connectivity index (χ0n) is 8.71. The molecular formula is C9H11F3N2O2S. The van der Waals surface area contributed by atoms with Crippen LogP contribution in [0.1, 0.15) is 21.7 Å². The van der Waals surface area contributed by atoms with Crippen LogP contribution < -0.4 is 11.3 Å². The minimum absolute atomic E-state index is 0.0394. The Kier molecular flexibility index (Phi) is 4.91. The highest BCUT2D eigenvalue weighted by molar-refractivity contribution is 7.12. The van der Waals surface area contributed by atoms with E-state index in [1.54, 1.807) is 11.4 Å². The quantitative estimate of drug-likeness (QED) is 0.370. The van der Waals surface area contributed by atoms with E-state index in [1.165, 1.54) is 0 Å². The second kappa shape index (κ2) is 5.99. The van der Waals surface area contributed by atoms with Crippen molar-refractivity contribution >= 4 is 17.2 Å². The summed E-state index contributed by atoms with van der Waals surface area (Å²) in [5.74, 6) is 4.48. The van der Waals surface area contributed by atoms with Gasteiger partial charge in [-0.25, -0.2) is 5.84 Å². The predicted octanol–water partition coefficient (Wildman–Crippen LogP) is 1.82. The molecule has 8 heteroatoms. The van der Waals surface area contributed by atoms with Crippen LogP contribution in [0.3, 0.4) is 0 Å². The molecule has 0 fully saturated rings. The van der Waals surface area contributed by atoms with Crippen LogP contribution in [0.2, 0.25) is 0 Å². The molecule has 0 unspecified atom stereocenters. The Morgan fingerprint density at radius 2 is 2.24 bits per heavy atom. The Morgan fingerprint density at radius 3 is 2.82 bits per heavy atom. The lowest BCUT2D eigenvalue weighted by Crippen LogP contribution is -2.30. The van der Waals surface area contributed by atoms with Gasteiger partial charge in [-0.1, -0.05) is 0 Å². The van der Waals surface area contributed by atoms with Gasteiger partial charge in [0.15, 0.2) is 0 Å². The number of carbonyl (C=O) groups is 1. The third kappa shape index (κ3) is 4.72. The first-order valence-corrected chi connectivity index (χ1v) is 5.54. The molecule has 1 amide bonds. The highest BCUT2D eigenvalue weighted by atomic mass is 32.1. The van der Waals surface area contributed by atoms with E-state index in [2.05, 4.69) is 0 Å². The second-order valence-corrected chi connectivity index (χ2v) is 4.08. The van der Waals surface area contributed by atoms with Crippen molar-refractivity contribution in [3.8, 4) is 0 Å². The third-order valence-electron chi connectivity index (χ3n) is 1.87. The van der Waals surface area contributed by atoms with E-state index in [4.69, 9.17) is 10.6 Å². The summed E-state index contributed by atoms with van der Waals surface area (Å²) in [5, 5.41) is 1.65. The van der Waals surface area contributed by atoms with Gasteiger partial charge in [0, 0.05) is 5.56 Å². The van der Waals surface area contributed by atoms with Crippen LogP contribution in [0.15, 0.2) is 11.4 Å². The minimum atomic E-state index is -4.23. The van der Waals surface area contributed by atoms with E-state index < -0.39 is 25.1 Å². The number of hydrogen-bond acceptors (Lipinski definition) is 4. The fraction of sp³-hybridized carbons (Fsp3) is 0.444. The van der Waals surface area contributed by atoms with Crippen LogP contribution in [0.25, 0.3) is 0 Å². The van der Waals surface area contributed by atoms with Gasteiger partial charge in [0.1, 0.15) is 0 Å². The van der Waals surface area contributed by atoms with Crippen LogP contribution in [0.4, 0.5) is 13.2 Å². The number of halogens is 3. The number of ether oxygens (including phenoxy) is 1. The van der Waals surface area contributed by atoms with Gasteiger partial charge in [-0.2, -0.15) is 13.2 Å². The molecule has 0 spiro atoms. The minimum Gasteiger partial charge on any atom is -0.376 e. The summed E-state index contributed by atoms with van der Waals surface area (Å²) in [7, 11) is 0. The average molecular weight is 268 g/mol. The lowest BCUT2D eigenvalue weighted by Gasteiger charge is -2.07. The van der Waals surface area contributed by atoms with Crippen molar-refractivity contribution in [2.45, 2.75) is 19.2 Å². The molecule has 0 aromatic carbocycles. The maximum absolute atomic E-state index is 11.8. The van der Waals surface area contributed by atoms with E-state index in [0.717, 1.165) is 11.3 Å². The van der Waals surface area contributed by atoms with Crippen molar-refractivity contribution in [3.63, 3.8) is 0 Å². The maximum Gasteiger partial charge on any atom is 0.391 e. The van der Waals surface area contributed by atoms with Crippen LogP contribution in [-0.4, -0.2) is 18.7 Å². The Morgan fingerprint density at radius 1 is 1.53 bits per heavy atom. The Labute approximate surface area is 99.5 Å². The summed E-state index contributed by atoms with van der Waals surface area (Å²) in [5.41, 5.74) is 2.49. The average Bonchev–Trinajstić information content (AvgIpc) is 2.70. The largest absolute Gasteiger partial charge is 0.391 e. The number of nitrogens with one attached hydrogen (secondary N) is 1. The Bertz CT molecular complexity index is 379. The van der Waals surface area contributed by atoms with Gasteiger partial charge in [0.25, 0.3) is 5.91 Å². The fourth-order valence-electron chi connectivity index (χ4n) is 1.08. The smallest absolute Gasteiger partial charge is 0.376 e. The number of thiophene rings is 1. The van der Waals surface area contributed by atoms with Gasteiger partial charge in [-0.15, -0.1) is 11.3 Å². The number of hydrogen-bond donors (Lipinski definition) is 2. The second-order valence-electron chi connectivity index (χ2n) is 3.17. The molecule has 0 atom stereocenters. The molecule has 3 N–H and O–H groups in total. The summed E-state index contributed by atoms with van der Waals surface area (Å²) >= 11 is 1.15. The SMILES string of the molecule is NNC(=O)c1sccc1COCCC(F)(F)F. The summed E-state index contributed by atoms with van der Waals surface area (Å²) in [6.45, 7) is -0.467. The first kappa shape index (κ1) is 13.9. The molecule has 1 rings (SSSR count). The lowest BCUT2D eigenvalue weighted by molar-refractivity contribution is -0.146. The molecule has 1 aromatic rings. The van der Waals surface area contributed by atoms with Gasteiger partial charge in [0.2, 0.25) is 0 Å². The lowest BCUT2D eigenvalue weighted by atomic mass is 10.2. The van der Waals surface area contributed by atoms with Crippen molar-refractivity contribution in [2.75, 3.05) is 6.61 Å². The number of rotatable bonds is 5. The molecule has 17 heavy (non-hydrogen) atoms. The van der Waals surface area contributed by atoms with Crippen LogP contribution >= 0.6 is 11.3 Å². The number of nitrogens with two attached hydrogens (primary N) is 1. The van der Waals surface area contributed by atoms with Crippen molar-refractivity contribution in [1.82, 2.24) is 5.43 Å². The van der Waals surface area contributed by atoms with E-state index >= 15 is 0 Å². The van der Waals surface area contributed by atoms with E-state index in [1.807, 2.05) is 5.43 Å². The van der Waals surface area contributed by atoms with Crippen molar-refractivity contribution in [2.24, 2.45) is 5.84 Å². The van der Waals surface area contributed by atoms with E-state index in [0.29, 0.717) is 10.4 Å². The van der Waals surface area contributed by atoms with Gasteiger partial charge >= 0.3 is 6.18 Å². The predicted molar refractivity (Wildman–Crippen MR) is 56.3 cm³/mol. The highest BCUT2D eigenvalue weighted by Crippen LogP contribution is 2.21. The van der Waals surface area contributed by atoms with Gasteiger partial charge < -0.3 is 4.74 Å². The molecule has 0 bridgehead atoms. The number of amides is 1. The van der Waals surface area contributed by atoms with Crippen LogP contribution in [-0.2, 0) is 11.3 Å². The monoisotopic (exact) mass is 268 g/mol. The number of nitrogen functional groups attached to an aromatic ring is 1. The molecule has 0 aliphatic heterocycles. The maximum atomic E-state index is 11.8. The van der Waals surface area contributed by atoms with E-state index in [-0.39, 0.29) is 6.61 Å². The fourth-order valence-corrected chi connectivity index (χ4v) is 1.90. The first-order chi connectivity index (χ1) is 7.94. The number of carbonyl (C=O) groups excluding carboxylic acids is 1. The zero-order valence-corrected chi connectivity index (χ0v) is 9.53. The van der Waals surface area contributed by atoms with Gasteiger partial charge in [-0.3, -0.25) is 10.2 Å². The Hall–Kier alpha value is -1.12. The summed E-state index contributed by atoms with van der Waals surface area (Å²) in [6, 6.07) is 1.61. The molecule has 0 saturated heterocycles. The summed E-state index contributed by atoms with van der Waals surface area (Å²) < 4.78 is 40.3. The molecular weight excluding hydrogens is 257 g/mol. The number of alkyl halides is 3. The molecule has 0 aliphatic rings. The topological polar surface area (TPSA) is 64.3 Å². The molecule has 0 aliphatic carbocycles. The standard InChI is InChI=1S/C9H11F3N2O2S/c10-9(11,12)2-3-16-5-6-1-4-17-7(6)8(15)14-13/h1,4H,2-3,5,13H2,(H,14,15). The Balaban J connectivity index is 2.42. The summed E-state index contributed by atoms with van der Waals surface area (Å²) in [6.07, 6.45) is -5.23. The van der Waals surface area contributed by atoms with Crippen LogP contribution in [0, 0.1) is 0 Å². The molecule has 1 aromatic heterocycles.